The van der Waals surface area contributed by atoms with E-state index in [4.69, 9.17) is 35.2 Å². The SMILES string of the molecule is CCCOCCN.CCCOCCN.CCCOCCS.CCCOCCS.SCCOCCS. The fourth-order valence-electron chi connectivity index (χ4n) is 1.51. The van der Waals surface area contributed by atoms with E-state index in [1.807, 2.05) is 0 Å². The van der Waals surface area contributed by atoms with Gasteiger partial charge in [-0.05, 0) is 25.7 Å². The summed E-state index contributed by atoms with van der Waals surface area (Å²) in [6.07, 6.45) is 4.38. The average molecular weight is 585 g/mol. The van der Waals surface area contributed by atoms with Crippen molar-refractivity contribution < 1.29 is 23.7 Å². The summed E-state index contributed by atoms with van der Waals surface area (Å²) in [6.45, 7) is 17.5. The van der Waals surface area contributed by atoms with Gasteiger partial charge in [-0.1, -0.05) is 27.7 Å². The van der Waals surface area contributed by atoms with Crippen molar-refractivity contribution in [1.82, 2.24) is 0 Å². The van der Waals surface area contributed by atoms with Crippen LogP contribution in [0.15, 0.2) is 0 Å². The highest BCUT2D eigenvalue weighted by Crippen LogP contribution is 1.81. The minimum absolute atomic E-state index is 0.639. The van der Waals surface area contributed by atoms with Gasteiger partial charge < -0.3 is 35.2 Å². The highest BCUT2D eigenvalue weighted by atomic mass is 32.1. The molecular formula is C24H60N2O5S4. The third-order valence-corrected chi connectivity index (χ3v) is 3.59. The van der Waals surface area contributed by atoms with Crippen molar-refractivity contribution in [3.8, 4) is 0 Å². The van der Waals surface area contributed by atoms with Crippen LogP contribution in [0.4, 0.5) is 0 Å². The molecule has 0 saturated carbocycles. The van der Waals surface area contributed by atoms with Gasteiger partial charge in [-0.25, -0.2) is 0 Å². The fourth-order valence-corrected chi connectivity index (χ4v) is 2.03. The maximum atomic E-state index is 5.14. The molecule has 4 N–H and O–H groups in total. The first kappa shape index (κ1) is 46.0. The summed E-state index contributed by atoms with van der Waals surface area (Å²) in [6, 6.07) is 0. The zero-order valence-electron chi connectivity index (χ0n) is 23.1. The Morgan fingerprint density at radius 2 is 0.571 bits per heavy atom. The van der Waals surface area contributed by atoms with Crippen LogP contribution in [0.3, 0.4) is 0 Å². The molecule has 0 radical (unpaired) electrons. The Hall–Kier alpha value is 1.12. The maximum Gasteiger partial charge on any atom is 0.0588 e. The Morgan fingerprint density at radius 3 is 0.743 bits per heavy atom. The first-order valence-corrected chi connectivity index (χ1v) is 15.3. The van der Waals surface area contributed by atoms with Crippen molar-refractivity contribution in [2.24, 2.45) is 11.5 Å². The summed E-state index contributed by atoms with van der Waals surface area (Å²) in [4.78, 5) is 0. The summed E-state index contributed by atoms with van der Waals surface area (Å²) >= 11 is 15.8. The second kappa shape index (κ2) is 59.9. The number of rotatable bonds is 20. The Bertz CT molecular complexity index is 202. The van der Waals surface area contributed by atoms with Gasteiger partial charge in [0.05, 0.1) is 39.6 Å². The molecule has 0 fully saturated rings. The third kappa shape index (κ3) is 86.4. The van der Waals surface area contributed by atoms with Crippen molar-refractivity contribution in [2.75, 3.05) is 102 Å². The van der Waals surface area contributed by atoms with Gasteiger partial charge in [-0.2, -0.15) is 50.5 Å². The summed E-state index contributed by atoms with van der Waals surface area (Å²) in [5, 5.41) is 0. The van der Waals surface area contributed by atoms with Crippen LogP contribution in [0, 0.1) is 0 Å². The van der Waals surface area contributed by atoms with Gasteiger partial charge in [0.2, 0.25) is 0 Å². The van der Waals surface area contributed by atoms with E-state index < -0.39 is 0 Å². The van der Waals surface area contributed by atoms with Crippen molar-refractivity contribution >= 4 is 50.5 Å². The summed E-state index contributed by atoms with van der Waals surface area (Å²) in [5.74, 6) is 3.27. The molecule has 0 amide bonds. The molecule has 0 aromatic rings. The zero-order valence-corrected chi connectivity index (χ0v) is 26.7. The Labute approximate surface area is 240 Å². The van der Waals surface area contributed by atoms with Crippen molar-refractivity contribution in [2.45, 2.75) is 53.4 Å². The Morgan fingerprint density at radius 1 is 0.371 bits per heavy atom. The van der Waals surface area contributed by atoms with Gasteiger partial charge in [0.25, 0.3) is 0 Å². The Balaban J connectivity index is -0.000000107. The topological polar surface area (TPSA) is 98.2 Å². The van der Waals surface area contributed by atoms with Gasteiger partial charge in [-0.15, -0.1) is 0 Å². The Kier molecular flexibility index (Phi) is 78.8. The summed E-state index contributed by atoms with van der Waals surface area (Å²) in [5.41, 5.74) is 10.3. The van der Waals surface area contributed by atoms with Crippen LogP contribution >= 0.6 is 50.5 Å². The molecule has 7 nitrogen and oxygen atoms in total. The molecule has 0 heterocycles. The van der Waals surface area contributed by atoms with Crippen LogP contribution in [0.1, 0.15) is 53.4 Å². The molecule has 0 aliphatic rings. The predicted octanol–water partition coefficient (Wildman–Crippen LogP) is 4.29. The summed E-state index contributed by atoms with van der Waals surface area (Å²) in [7, 11) is 0. The summed E-state index contributed by atoms with van der Waals surface area (Å²) < 4.78 is 25.1. The van der Waals surface area contributed by atoms with Crippen LogP contribution in [0.2, 0.25) is 0 Å². The lowest BCUT2D eigenvalue weighted by molar-refractivity contribution is 0.142. The first-order valence-electron chi connectivity index (χ1n) is 12.8. The van der Waals surface area contributed by atoms with Crippen molar-refractivity contribution in [3.05, 3.63) is 0 Å². The quantitative estimate of drug-likeness (QED) is 0.0938. The van der Waals surface area contributed by atoms with Crippen LogP contribution in [-0.2, 0) is 23.7 Å². The largest absolute Gasteiger partial charge is 0.381 e. The lowest BCUT2D eigenvalue weighted by Gasteiger charge is -1.95. The highest BCUT2D eigenvalue weighted by molar-refractivity contribution is 7.80. The minimum atomic E-state index is 0.639. The van der Waals surface area contributed by atoms with Gasteiger partial charge in [0.15, 0.2) is 0 Å². The van der Waals surface area contributed by atoms with E-state index in [1.165, 1.54) is 0 Å². The number of hydrogen-bond donors (Lipinski definition) is 6. The first-order chi connectivity index (χ1) is 17.1. The minimum Gasteiger partial charge on any atom is -0.381 e. The lowest BCUT2D eigenvalue weighted by Crippen LogP contribution is -2.08. The normalized spacial score (nSPS) is 9.43. The van der Waals surface area contributed by atoms with Crippen LogP contribution in [-0.4, -0.2) is 102 Å². The molecule has 0 aromatic carbocycles. The van der Waals surface area contributed by atoms with Gasteiger partial charge >= 0.3 is 0 Å². The van der Waals surface area contributed by atoms with Crippen molar-refractivity contribution in [3.63, 3.8) is 0 Å². The number of thiol groups is 4. The van der Waals surface area contributed by atoms with E-state index >= 15 is 0 Å². The molecular weight excluding hydrogens is 525 g/mol. The van der Waals surface area contributed by atoms with E-state index in [0.717, 1.165) is 102 Å². The molecule has 0 aromatic heterocycles. The van der Waals surface area contributed by atoms with Crippen molar-refractivity contribution in [1.29, 1.82) is 0 Å². The molecule has 11 heteroatoms. The monoisotopic (exact) mass is 584 g/mol. The van der Waals surface area contributed by atoms with Gasteiger partial charge in [0.1, 0.15) is 0 Å². The van der Waals surface area contributed by atoms with E-state index in [1.54, 1.807) is 0 Å². The predicted molar refractivity (Wildman–Crippen MR) is 169 cm³/mol. The molecule has 35 heavy (non-hydrogen) atoms. The molecule has 0 rings (SSSR count). The van der Waals surface area contributed by atoms with Crippen LogP contribution < -0.4 is 11.5 Å². The fraction of sp³-hybridized carbons (Fsp3) is 1.00. The van der Waals surface area contributed by atoms with Crippen LogP contribution in [0.5, 0.6) is 0 Å². The lowest BCUT2D eigenvalue weighted by atomic mass is 10.5. The maximum absolute atomic E-state index is 5.14. The molecule has 0 spiro atoms. The molecule has 0 aliphatic heterocycles. The molecule has 0 aliphatic carbocycles. The average Bonchev–Trinajstić information content (AvgIpc) is 2.87. The number of nitrogens with two attached hydrogens (primary N) is 2. The molecule has 0 bridgehead atoms. The second-order valence-electron chi connectivity index (χ2n) is 6.53. The molecule has 0 atom stereocenters. The van der Waals surface area contributed by atoms with E-state index in [2.05, 4.69) is 78.2 Å². The number of ether oxygens (including phenoxy) is 5. The molecule has 0 saturated heterocycles. The standard InChI is InChI=1S/2C5H13NO.2C5H12OS.C4H10OS2/c2*1-2-4-7-5-3-6;2*1-2-3-6-4-5-7;6-3-1-5-2-4-7/h2*2-6H2,1H3;2*7H,2-5H2,1H3;6-7H,1-4H2. The van der Waals surface area contributed by atoms with E-state index in [-0.39, 0.29) is 0 Å². The molecule has 0 unspecified atom stereocenters. The van der Waals surface area contributed by atoms with Gasteiger partial charge in [0, 0.05) is 62.5 Å². The second-order valence-corrected chi connectivity index (χ2v) is 8.32. The van der Waals surface area contributed by atoms with Gasteiger partial charge in [-0.3, -0.25) is 0 Å². The van der Waals surface area contributed by atoms with E-state index in [0.29, 0.717) is 26.3 Å². The van der Waals surface area contributed by atoms with Crippen LogP contribution in [0.25, 0.3) is 0 Å². The smallest absolute Gasteiger partial charge is 0.0588 e. The molecule has 220 valence electrons. The third-order valence-electron chi connectivity index (χ3n) is 2.86. The highest BCUT2D eigenvalue weighted by Gasteiger charge is 1.80. The van der Waals surface area contributed by atoms with E-state index in [9.17, 15) is 0 Å². The zero-order chi connectivity index (χ0) is 27.7. The number of hydrogen-bond acceptors (Lipinski definition) is 11.